The van der Waals surface area contributed by atoms with Crippen LogP contribution in [-0.2, 0) is 19.4 Å². The molecule has 1 N–H and O–H groups in total. The number of ether oxygens (including phenoxy) is 2. The Hall–Kier alpha value is -2.93. The van der Waals surface area contributed by atoms with Crippen LogP contribution in [0.25, 0.3) is 11.4 Å². The Bertz CT molecular complexity index is 968. The van der Waals surface area contributed by atoms with Crippen LogP contribution in [0.1, 0.15) is 28.3 Å². The van der Waals surface area contributed by atoms with E-state index in [2.05, 4.69) is 20.4 Å². The summed E-state index contributed by atoms with van der Waals surface area (Å²) in [6.45, 7) is 3.75. The molecule has 0 saturated heterocycles. The van der Waals surface area contributed by atoms with Gasteiger partial charge in [0.25, 0.3) is 0 Å². The van der Waals surface area contributed by atoms with Gasteiger partial charge in [-0.3, -0.25) is 4.98 Å². The van der Waals surface area contributed by atoms with Crippen LogP contribution >= 0.6 is 0 Å². The molecule has 140 valence electrons. The molecule has 0 spiro atoms. The van der Waals surface area contributed by atoms with Crippen LogP contribution in [0.5, 0.6) is 11.5 Å². The van der Waals surface area contributed by atoms with Gasteiger partial charge >= 0.3 is 0 Å². The number of aromatic nitrogens is 3. The van der Waals surface area contributed by atoms with Gasteiger partial charge in [-0.05, 0) is 37.1 Å². The summed E-state index contributed by atoms with van der Waals surface area (Å²) in [6.07, 6.45) is 3.36. The molecule has 27 heavy (non-hydrogen) atoms. The molecule has 0 atom stereocenters. The van der Waals surface area contributed by atoms with Crippen molar-refractivity contribution in [3.8, 4) is 22.9 Å². The van der Waals surface area contributed by atoms with Crippen molar-refractivity contribution in [3.63, 3.8) is 0 Å². The summed E-state index contributed by atoms with van der Waals surface area (Å²) in [5.74, 6) is 2.61. The van der Waals surface area contributed by atoms with E-state index in [1.54, 1.807) is 14.2 Å². The highest BCUT2D eigenvalue weighted by atomic mass is 16.5. The molecule has 0 amide bonds. The van der Waals surface area contributed by atoms with Gasteiger partial charge in [-0.15, -0.1) is 0 Å². The fourth-order valence-corrected chi connectivity index (χ4v) is 3.46. The van der Waals surface area contributed by atoms with Crippen LogP contribution in [0, 0.1) is 6.92 Å². The molecule has 4 rings (SSSR count). The molecule has 1 aromatic carbocycles. The Labute approximate surface area is 157 Å². The predicted octanol–water partition coefficient (Wildman–Crippen LogP) is 2.69. The molecular weight excluding hydrogens is 344 g/mol. The number of hydrogen-bond acceptors (Lipinski definition) is 7. The number of aryl methyl sites for hydroxylation is 1. The van der Waals surface area contributed by atoms with E-state index in [1.807, 2.05) is 31.3 Å². The minimum atomic E-state index is 0.489. The first-order chi connectivity index (χ1) is 13.2. The van der Waals surface area contributed by atoms with Crippen LogP contribution in [0.2, 0.25) is 0 Å². The third-order valence-electron chi connectivity index (χ3n) is 4.86. The molecule has 1 aliphatic heterocycles. The number of methoxy groups -OCH3 is 2. The first-order valence-electron chi connectivity index (χ1n) is 8.91. The second kappa shape index (κ2) is 7.36. The van der Waals surface area contributed by atoms with Crippen molar-refractivity contribution in [2.45, 2.75) is 26.3 Å². The highest BCUT2D eigenvalue weighted by Gasteiger charge is 2.21. The first kappa shape index (κ1) is 17.5. The summed E-state index contributed by atoms with van der Waals surface area (Å²) in [7, 11) is 3.27. The largest absolute Gasteiger partial charge is 0.497 e. The second-order valence-corrected chi connectivity index (χ2v) is 6.52. The Kier molecular flexibility index (Phi) is 4.77. The zero-order chi connectivity index (χ0) is 18.8. The normalized spacial score (nSPS) is 13.3. The third kappa shape index (κ3) is 3.38. The van der Waals surface area contributed by atoms with Crippen molar-refractivity contribution in [2.24, 2.45) is 0 Å². The van der Waals surface area contributed by atoms with E-state index in [0.717, 1.165) is 47.8 Å². The standard InChI is InChI=1S/C20H22N4O3/c1-12-19(16-6-7-21-10-14(16)11-22-12)20-23-18(27-24-20)8-13-4-5-15(25-2)9-17(13)26-3/h4-5,9,11,21H,6-8,10H2,1-3H3. The van der Waals surface area contributed by atoms with Crippen molar-refractivity contribution < 1.29 is 14.0 Å². The van der Waals surface area contributed by atoms with Gasteiger partial charge < -0.3 is 19.3 Å². The highest BCUT2D eigenvalue weighted by molar-refractivity contribution is 5.64. The van der Waals surface area contributed by atoms with Gasteiger partial charge in [0.05, 0.1) is 20.6 Å². The number of benzene rings is 1. The monoisotopic (exact) mass is 366 g/mol. The van der Waals surface area contributed by atoms with E-state index >= 15 is 0 Å². The van der Waals surface area contributed by atoms with Crippen molar-refractivity contribution in [3.05, 3.63) is 52.7 Å². The van der Waals surface area contributed by atoms with Crippen molar-refractivity contribution in [1.29, 1.82) is 0 Å². The number of pyridine rings is 1. The summed E-state index contributed by atoms with van der Waals surface area (Å²) in [5.41, 5.74) is 5.33. The molecular formula is C20H22N4O3. The zero-order valence-corrected chi connectivity index (χ0v) is 15.7. The van der Waals surface area contributed by atoms with Gasteiger partial charge in [0.2, 0.25) is 11.7 Å². The van der Waals surface area contributed by atoms with Crippen LogP contribution in [0.3, 0.4) is 0 Å². The number of rotatable bonds is 5. The summed E-state index contributed by atoms with van der Waals surface area (Å²) >= 11 is 0. The SMILES string of the molecule is COc1ccc(Cc2nc(-c3c(C)ncc4c3CCNC4)no2)c(OC)c1. The molecule has 7 heteroatoms. The van der Waals surface area contributed by atoms with Crippen molar-refractivity contribution in [2.75, 3.05) is 20.8 Å². The Morgan fingerprint density at radius 2 is 2.11 bits per heavy atom. The Morgan fingerprint density at radius 1 is 1.22 bits per heavy atom. The lowest BCUT2D eigenvalue weighted by Crippen LogP contribution is -2.24. The lowest BCUT2D eigenvalue weighted by atomic mass is 9.95. The molecule has 3 heterocycles. The van der Waals surface area contributed by atoms with E-state index in [-0.39, 0.29) is 0 Å². The highest BCUT2D eigenvalue weighted by Crippen LogP contribution is 2.30. The minimum Gasteiger partial charge on any atom is -0.497 e. The van der Waals surface area contributed by atoms with E-state index in [1.165, 1.54) is 11.1 Å². The maximum absolute atomic E-state index is 5.53. The van der Waals surface area contributed by atoms with Gasteiger partial charge in [-0.2, -0.15) is 4.98 Å². The molecule has 0 unspecified atom stereocenters. The fraction of sp³-hybridized carbons (Fsp3) is 0.350. The Morgan fingerprint density at radius 3 is 2.93 bits per heavy atom. The minimum absolute atomic E-state index is 0.489. The lowest BCUT2D eigenvalue weighted by molar-refractivity contribution is 0.376. The number of nitrogens with zero attached hydrogens (tertiary/aromatic N) is 3. The number of nitrogens with one attached hydrogen (secondary N) is 1. The maximum atomic E-state index is 5.53. The summed E-state index contributed by atoms with van der Waals surface area (Å²) in [5, 5.41) is 7.60. The fourth-order valence-electron chi connectivity index (χ4n) is 3.46. The van der Waals surface area contributed by atoms with Gasteiger partial charge in [0.1, 0.15) is 11.5 Å². The smallest absolute Gasteiger partial charge is 0.231 e. The molecule has 0 bridgehead atoms. The van der Waals surface area contributed by atoms with Gasteiger partial charge in [0.15, 0.2) is 0 Å². The molecule has 0 radical (unpaired) electrons. The van der Waals surface area contributed by atoms with Crippen LogP contribution in [0.4, 0.5) is 0 Å². The van der Waals surface area contributed by atoms with Gasteiger partial charge in [-0.25, -0.2) is 0 Å². The van der Waals surface area contributed by atoms with Crippen LogP contribution < -0.4 is 14.8 Å². The quantitative estimate of drug-likeness (QED) is 0.743. The Balaban J connectivity index is 1.66. The third-order valence-corrected chi connectivity index (χ3v) is 4.86. The van der Waals surface area contributed by atoms with Crippen LogP contribution in [0.15, 0.2) is 28.9 Å². The number of hydrogen-bond donors (Lipinski definition) is 1. The number of fused-ring (bicyclic) bond motifs is 1. The molecule has 2 aromatic heterocycles. The van der Waals surface area contributed by atoms with Crippen molar-refractivity contribution in [1.82, 2.24) is 20.4 Å². The van der Waals surface area contributed by atoms with E-state index in [4.69, 9.17) is 14.0 Å². The molecule has 7 nitrogen and oxygen atoms in total. The second-order valence-electron chi connectivity index (χ2n) is 6.52. The first-order valence-corrected chi connectivity index (χ1v) is 8.91. The summed E-state index contributed by atoms with van der Waals surface area (Å²) in [6, 6.07) is 5.69. The average Bonchev–Trinajstić information content (AvgIpc) is 3.16. The van der Waals surface area contributed by atoms with Crippen molar-refractivity contribution >= 4 is 0 Å². The maximum Gasteiger partial charge on any atom is 0.231 e. The lowest BCUT2D eigenvalue weighted by Gasteiger charge is -2.19. The van der Waals surface area contributed by atoms with Gasteiger partial charge in [-0.1, -0.05) is 11.2 Å². The van der Waals surface area contributed by atoms with E-state index < -0.39 is 0 Å². The average molecular weight is 366 g/mol. The van der Waals surface area contributed by atoms with Gasteiger partial charge in [0, 0.05) is 35.6 Å². The summed E-state index contributed by atoms with van der Waals surface area (Å²) < 4.78 is 16.2. The van der Waals surface area contributed by atoms with E-state index in [9.17, 15) is 0 Å². The zero-order valence-electron chi connectivity index (χ0n) is 15.7. The summed E-state index contributed by atoms with van der Waals surface area (Å²) in [4.78, 5) is 9.15. The van der Waals surface area contributed by atoms with Crippen LogP contribution in [-0.4, -0.2) is 35.9 Å². The predicted molar refractivity (Wildman–Crippen MR) is 100 cm³/mol. The topological polar surface area (TPSA) is 82.3 Å². The molecule has 0 saturated carbocycles. The molecule has 0 aliphatic carbocycles. The molecule has 1 aliphatic rings. The molecule has 0 fully saturated rings. The molecule has 3 aromatic rings. The van der Waals surface area contributed by atoms with E-state index in [0.29, 0.717) is 18.1 Å².